The number of rotatable bonds is 3. The molecule has 0 spiro atoms. The number of nitrogens with zero attached hydrogens (tertiary/aromatic N) is 2. The molecule has 0 saturated carbocycles. The Balaban J connectivity index is 2.63. The summed E-state index contributed by atoms with van der Waals surface area (Å²) in [7, 11) is 3.12. The van der Waals surface area contributed by atoms with Crippen LogP contribution in [0.25, 0.3) is 11.3 Å². The molecule has 2 rings (SSSR count). The summed E-state index contributed by atoms with van der Waals surface area (Å²) in [6, 6.07) is 5.93. The molecule has 0 bridgehead atoms. The monoisotopic (exact) mass is 234 g/mol. The molecule has 1 aromatic heterocycles. The highest BCUT2D eigenvalue weighted by Crippen LogP contribution is 2.28. The average molecular weight is 234 g/mol. The SMILES string of the molecule is COc1c(C=O)c(-c2cccc(F)c2)nn1C. The van der Waals surface area contributed by atoms with E-state index < -0.39 is 0 Å². The summed E-state index contributed by atoms with van der Waals surface area (Å²) in [4.78, 5) is 11.1. The maximum Gasteiger partial charge on any atom is 0.222 e. The summed E-state index contributed by atoms with van der Waals surface area (Å²) in [6.45, 7) is 0. The molecular weight excluding hydrogens is 223 g/mol. The molecule has 0 aliphatic heterocycles. The molecule has 0 aliphatic carbocycles. The quantitative estimate of drug-likeness (QED) is 0.763. The molecule has 0 amide bonds. The van der Waals surface area contributed by atoms with Crippen molar-refractivity contribution >= 4 is 6.29 Å². The Morgan fingerprint density at radius 3 is 2.82 bits per heavy atom. The molecule has 4 nitrogen and oxygen atoms in total. The predicted molar refractivity (Wildman–Crippen MR) is 60.5 cm³/mol. The second-order valence-corrected chi connectivity index (χ2v) is 3.52. The first-order valence-electron chi connectivity index (χ1n) is 4.99. The van der Waals surface area contributed by atoms with Crippen LogP contribution in [0.5, 0.6) is 5.88 Å². The van der Waals surface area contributed by atoms with Gasteiger partial charge in [0.2, 0.25) is 5.88 Å². The van der Waals surface area contributed by atoms with Crippen molar-refractivity contribution in [2.24, 2.45) is 7.05 Å². The minimum atomic E-state index is -0.371. The summed E-state index contributed by atoms with van der Waals surface area (Å²) in [5.74, 6) is -0.0109. The number of aromatic nitrogens is 2. The predicted octanol–water partition coefficient (Wildman–Crippen LogP) is 2.05. The molecule has 1 heterocycles. The number of halogens is 1. The lowest BCUT2D eigenvalue weighted by atomic mass is 10.1. The first kappa shape index (κ1) is 11.3. The number of carbonyl (C=O) groups excluding carboxylic acids is 1. The first-order chi connectivity index (χ1) is 8.17. The van der Waals surface area contributed by atoms with Crippen molar-refractivity contribution in [1.82, 2.24) is 9.78 Å². The van der Waals surface area contributed by atoms with Crippen LogP contribution in [0.4, 0.5) is 4.39 Å². The standard InChI is InChI=1S/C12H11FN2O2/c1-15-12(17-2)10(7-16)11(14-15)8-4-3-5-9(13)6-8/h3-7H,1-2H3. The summed E-state index contributed by atoms with van der Waals surface area (Å²) in [5.41, 5.74) is 1.28. The summed E-state index contributed by atoms with van der Waals surface area (Å²) >= 11 is 0. The van der Waals surface area contributed by atoms with Gasteiger partial charge >= 0.3 is 0 Å². The number of methoxy groups -OCH3 is 1. The van der Waals surface area contributed by atoms with Gasteiger partial charge in [-0.05, 0) is 12.1 Å². The summed E-state index contributed by atoms with van der Waals surface area (Å²) in [6.07, 6.45) is 0.659. The smallest absolute Gasteiger partial charge is 0.222 e. The molecule has 0 fully saturated rings. The molecule has 0 N–H and O–H groups in total. The van der Waals surface area contributed by atoms with E-state index in [2.05, 4.69) is 5.10 Å². The first-order valence-corrected chi connectivity index (χ1v) is 4.99. The Kier molecular flexibility index (Phi) is 2.91. The molecule has 0 aliphatic rings. The Morgan fingerprint density at radius 1 is 1.47 bits per heavy atom. The van der Waals surface area contributed by atoms with Crippen LogP contribution in [0.1, 0.15) is 10.4 Å². The van der Waals surface area contributed by atoms with Crippen molar-refractivity contribution in [2.45, 2.75) is 0 Å². The van der Waals surface area contributed by atoms with E-state index in [-0.39, 0.29) is 5.82 Å². The van der Waals surface area contributed by atoms with E-state index >= 15 is 0 Å². The lowest BCUT2D eigenvalue weighted by Gasteiger charge is -1.99. The molecule has 17 heavy (non-hydrogen) atoms. The van der Waals surface area contributed by atoms with Crippen LogP contribution in [0, 0.1) is 5.82 Å². The van der Waals surface area contributed by atoms with Gasteiger partial charge in [0.1, 0.15) is 17.1 Å². The average Bonchev–Trinajstić information content (AvgIpc) is 2.65. The van der Waals surface area contributed by atoms with Crippen molar-refractivity contribution in [2.75, 3.05) is 7.11 Å². The zero-order valence-corrected chi connectivity index (χ0v) is 9.48. The molecule has 5 heteroatoms. The fraction of sp³-hybridized carbons (Fsp3) is 0.167. The van der Waals surface area contributed by atoms with Crippen LogP contribution in [-0.2, 0) is 7.05 Å². The Bertz CT molecular complexity index is 564. The van der Waals surface area contributed by atoms with Gasteiger partial charge in [0.05, 0.1) is 7.11 Å². The Labute approximate surface area is 97.6 Å². The third kappa shape index (κ3) is 1.91. The van der Waals surface area contributed by atoms with E-state index in [0.29, 0.717) is 29.0 Å². The number of carbonyl (C=O) groups is 1. The second-order valence-electron chi connectivity index (χ2n) is 3.52. The normalized spacial score (nSPS) is 10.3. The molecular formula is C12H11FN2O2. The number of ether oxygens (including phenoxy) is 1. The van der Waals surface area contributed by atoms with Crippen LogP contribution in [0.3, 0.4) is 0 Å². The van der Waals surface area contributed by atoms with Gasteiger partial charge in [-0.3, -0.25) is 4.79 Å². The van der Waals surface area contributed by atoms with Crippen LogP contribution >= 0.6 is 0 Å². The fourth-order valence-electron chi connectivity index (χ4n) is 1.72. The number of benzene rings is 1. The fourth-order valence-corrected chi connectivity index (χ4v) is 1.72. The number of hydrogen-bond donors (Lipinski definition) is 0. The third-order valence-electron chi connectivity index (χ3n) is 2.44. The summed E-state index contributed by atoms with van der Waals surface area (Å²) in [5, 5.41) is 4.16. The van der Waals surface area contributed by atoms with Gasteiger partial charge in [0.25, 0.3) is 0 Å². The molecule has 0 atom stereocenters. The van der Waals surface area contributed by atoms with Crippen molar-refractivity contribution in [3.63, 3.8) is 0 Å². The molecule has 88 valence electrons. The largest absolute Gasteiger partial charge is 0.481 e. The van der Waals surface area contributed by atoms with Crippen molar-refractivity contribution in [3.05, 3.63) is 35.6 Å². The maximum atomic E-state index is 13.1. The number of hydrogen-bond acceptors (Lipinski definition) is 3. The minimum absolute atomic E-state index is 0.320. The van der Waals surface area contributed by atoms with Crippen molar-refractivity contribution in [1.29, 1.82) is 0 Å². The molecule has 0 unspecified atom stereocenters. The molecule has 2 aromatic rings. The van der Waals surface area contributed by atoms with E-state index in [9.17, 15) is 9.18 Å². The van der Waals surface area contributed by atoms with Gasteiger partial charge in [0.15, 0.2) is 6.29 Å². The van der Waals surface area contributed by atoms with Crippen LogP contribution in [-0.4, -0.2) is 23.2 Å². The van der Waals surface area contributed by atoms with Crippen LogP contribution < -0.4 is 4.74 Å². The van der Waals surface area contributed by atoms with Gasteiger partial charge < -0.3 is 4.74 Å². The maximum absolute atomic E-state index is 13.1. The van der Waals surface area contributed by atoms with Gasteiger partial charge in [-0.15, -0.1) is 0 Å². The lowest BCUT2D eigenvalue weighted by molar-refractivity contribution is 0.112. The van der Waals surface area contributed by atoms with Gasteiger partial charge in [0, 0.05) is 12.6 Å². The van der Waals surface area contributed by atoms with E-state index in [1.165, 1.54) is 23.9 Å². The minimum Gasteiger partial charge on any atom is -0.481 e. The second kappa shape index (κ2) is 4.37. The van der Waals surface area contributed by atoms with Crippen molar-refractivity contribution in [3.8, 4) is 17.1 Å². The zero-order chi connectivity index (χ0) is 12.4. The van der Waals surface area contributed by atoms with Gasteiger partial charge in [-0.2, -0.15) is 5.10 Å². The molecule has 0 radical (unpaired) electrons. The van der Waals surface area contributed by atoms with Crippen LogP contribution in [0.15, 0.2) is 24.3 Å². The molecule has 0 saturated heterocycles. The lowest BCUT2D eigenvalue weighted by Crippen LogP contribution is -1.96. The third-order valence-corrected chi connectivity index (χ3v) is 2.44. The number of aldehydes is 1. The van der Waals surface area contributed by atoms with Crippen LogP contribution in [0.2, 0.25) is 0 Å². The Hall–Kier alpha value is -2.17. The van der Waals surface area contributed by atoms with Crippen molar-refractivity contribution < 1.29 is 13.9 Å². The van der Waals surface area contributed by atoms with E-state index in [1.54, 1.807) is 19.2 Å². The van der Waals surface area contributed by atoms with Gasteiger partial charge in [-0.25, -0.2) is 9.07 Å². The highest BCUT2D eigenvalue weighted by molar-refractivity contribution is 5.88. The van der Waals surface area contributed by atoms with E-state index in [1.807, 2.05) is 0 Å². The van der Waals surface area contributed by atoms with E-state index in [4.69, 9.17) is 4.74 Å². The Morgan fingerprint density at radius 2 is 2.24 bits per heavy atom. The van der Waals surface area contributed by atoms with E-state index in [0.717, 1.165) is 0 Å². The summed E-state index contributed by atoms with van der Waals surface area (Å²) < 4.78 is 19.6. The van der Waals surface area contributed by atoms with Gasteiger partial charge in [-0.1, -0.05) is 12.1 Å². The highest BCUT2D eigenvalue weighted by atomic mass is 19.1. The molecule has 1 aromatic carbocycles. The topological polar surface area (TPSA) is 44.1 Å². The zero-order valence-electron chi connectivity index (χ0n) is 9.48. The number of aryl methyl sites for hydroxylation is 1. The highest BCUT2D eigenvalue weighted by Gasteiger charge is 2.17.